The monoisotopic (exact) mass is 373 g/mol. The van der Waals surface area contributed by atoms with Crippen LogP contribution in [-0.4, -0.2) is 24.0 Å². The number of hydrogen-bond acceptors (Lipinski definition) is 3. The Kier molecular flexibility index (Phi) is 4.31. The molecule has 0 spiro atoms. The Hall–Kier alpha value is -0.870. The van der Waals surface area contributed by atoms with E-state index in [2.05, 4.69) is 29.0 Å². The van der Waals surface area contributed by atoms with Gasteiger partial charge in [0.1, 0.15) is 0 Å². The lowest BCUT2D eigenvalue weighted by molar-refractivity contribution is -0.134. The first kappa shape index (κ1) is 14.5. The Balaban J connectivity index is 2.30. The highest BCUT2D eigenvalue weighted by Gasteiger charge is 2.44. The maximum absolute atomic E-state index is 12.0. The van der Waals surface area contributed by atoms with E-state index in [1.165, 1.54) is 0 Å². The molecule has 2 aliphatic rings. The van der Waals surface area contributed by atoms with Crippen LogP contribution in [0.15, 0.2) is 11.6 Å². The molecule has 1 N–H and O–H groups in total. The molecule has 1 fully saturated rings. The smallest absolute Gasteiger partial charge is 0.266 e. The highest BCUT2D eigenvalue weighted by Crippen LogP contribution is 2.37. The van der Waals surface area contributed by atoms with Crippen molar-refractivity contribution in [1.29, 1.82) is 0 Å². The highest BCUT2D eigenvalue weighted by molar-refractivity contribution is 14.1. The topological polar surface area (TPSA) is 55.4 Å². The quantitative estimate of drug-likeness (QED) is 0.432. The first-order valence-electron chi connectivity index (χ1n) is 6.29. The largest absolute Gasteiger partial charge is 0.374 e. The maximum atomic E-state index is 12.0. The second-order valence-electron chi connectivity index (χ2n) is 5.17. The van der Waals surface area contributed by atoms with E-state index in [1.807, 2.05) is 29.5 Å². The molecule has 2 aliphatic heterocycles. The van der Waals surface area contributed by atoms with E-state index in [-0.39, 0.29) is 24.0 Å². The van der Waals surface area contributed by atoms with Crippen molar-refractivity contribution < 1.29 is 14.3 Å². The van der Waals surface area contributed by atoms with Crippen LogP contribution < -0.4 is 5.32 Å². The average molecular weight is 373 g/mol. The number of carbonyl (C=O) groups is 2. The lowest BCUT2D eigenvalue weighted by Gasteiger charge is -2.26. The Morgan fingerprint density at radius 2 is 1.95 bits per heavy atom. The SMILES string of the molecule is CC1OC(C2C=C(C#CI)C(=O)NC2=O)C(C)C1C. The molecule has 0 aliphatic carbocycles. The zero-order valence-corrected chi connectivity index (χ0v) is 13.2. The number of rotatable bonds is 1. The van der Waals surface area contributed by atoms with Gasteiger partial charge in [0.05, 0.1) is 23.7 Å². The van der Waals surface area contributed by atoms with Gasteiger partial charge < -0.3 is 4.74 Å². The van der Waals surface area contributed by atoms with Crippen LogP contribution in [0.2, 0.25) is 0 Å². The standard InChI is InChI=1S/C14H16INO3/c1-7-8(2)12(19-9(7)3)11-6-10(4-5-15)13(17)16-14(11)18/h6-9,11-12H,1-3H3,(H,16,17,18). The fraction of sp³-hybridized carbons (Fsp3) is 0.571. The molecule has 102 valence electrons. The van der Waals surface area contributed by atoms with Crippen molar-refractivity contribution in [2.45, 2.75) is 33.0 Å². The van der Waals surface area contributed by atoms with Crippen molar-refractivity contribution in [3.8, 4) is 9.85 Å². The first-order valence-corrected chi connectivity index (χ1v) is 7.37. The molecule has 5 unspecified atom stereocenters. The molecular formula is C14H16INO3. The van der Waals surface area contributed by atoms with E-state index in [0.717, 1.165) is 0 Å². The number of amides is 2. The van der Waals surface area contributed by atoms with E-state index < -0.39 is 11.8 Å². The van der Waals surface area contributed by atoms with E-state index in [9.17, 15) is 9.59 Å². The van der Waals surface area contributed by atoms with Gasteiger partial charge in [0.25, 0.3) is 5.91 Å². The van der Waals surface area contributed by atoms with Crippen LogP contribution in [0.25, 0.3) is 0 Å². The van der Waals surface area contributed by atoms with Crippen molar-refractivity contribution in [3.63, 3.8) is 0 Å². The van der Waals surface area contributed by atoms with Crippen molar-refractivity contribution >= 4 is 34.4 Å². The number of nitrogens with one attached hydrogen (secondary N) is 1. The molecule has 4 nitrogen and oxygen atoms in total. The summed E-state index contributed by atoms with van der Waals surface area (Å²) in [7, 11) is 0. The second kappa shape index (κ2) is 5.63. The van der Waals surface area contributed by atoms with Gasteiger partial charge >= 0.3 is 0 Å². The molecule has 2 amide bonds. The average Bonchev–Trinajstić information content (AvgIpc) is 2.61. The fourth-order valence-corrected chi connectivity index (χ4v) is 2.91. The predicted molar refractivity (Wildman–Crippen MR) is 79.2 cm³/mol. The number of halogens is 1. The summed E-state index contributed by atoms with van der Waals surface area (Å²) >= 11 is 1.87. The summed E-state index contributed by atoms with van der Waals surface area (Å²) in [5, 5.41) is 2.36. The first-order chi connectivity index (χ1) is 8.95. The summed E-state index contributed by atoms with van der Waals surface area (Å²) < 4.78 is 8.55. The van der Waals surface area contributed by atoms with E-state index in [0.29, 0.717) is 11.5 Å². The molecule has 0 aromatic carbocycles. The molecule has 1 saturated heterocycles. The summed E-state index contributed by atoms with van der Waals surface area (Å²) in [4.78, 5) is 23.6. The van der Waals surface area contributed by atoms with Crippen LogP contribution in [0, 0.1) is 27.6 Å². The van der Waals surface area contributed by atoms with E-state index >= 15 is 0 Å². The van der Waals surface area contributed by atoms with Crippen LogP contribution in [-0.2, 0) is 14.3 Å². The molecule has 5 atom stereocenters. The summed E-state index contributed by atoms with van der Waals surface area (Å²) in [5.41, 5.74) is 0.349. The molecule has 0 radical (unpaired) electrons. The number of ether oxygens (including phenoxy) is 1. The highest BCUT2D eigenvalue weighted by atomic mass is 127. The van der Waals surface area contributed by atoms with Gasteiger partial charge in [-0.2, -0.15) is 0 Å². The summed E-state index contributed by atoms with van der Waals surface area (Å²) in [6, 6.07) is 0. The van der Waals surface area contributed by atoms with Crippen molar-refractivity contribution in [1.82, 2.24) is 5.32 Å². The van der Waals surface area contributed by atoms with Gasteiger partial charge in [0.2, 0.25) is 5.91 Å². The van der Waals surface area contributed by atoms with Crippen LogP contribution >= 0.6 is 22.6 Å². The van der Waals surface area contributed by atoms with Crippen molar-refractivity contribution in [2.24, 2.45) is 17.8 Å². The molecule has 0 aromatic heterocycles. The Morgan fingerprint density at radius 1 is 1.26 bits per heavy atom. The van der Waals surface area contributed by atoms with Gasteiger partial charge in [0.15, 0.2) is 0 Å². The Bertz CT molecular complexity index is 503. The zero-order valence-electron chi connectivity index (χ0n) is 11.1. The summed E-state index contributed by atoms with van der Waals surface area (Å²) in [6.07, 6.45) is 1.58. The van der Waals surface area contributed by atoms with Gasteiger partial charge in [-0.25, -0.2) is 0 Å². The van der Waals surface area contributed by atoms with Gasteiger partial charge in [-0.1, -0.05) is 19.8 Å². The third-order valence-electron chi connectivity index (χ3n) is 4.13. The van der Waals surface area contributed by atoms with Gasteiger partial charge in [0, 0.05) is 22.6 Å². The van der Waals surface area contributed by atoms with E-state index in [1.54, 1.807) is 6.08 Å². The fourth-order valence-electron chi connectivity index (χ4n) is 2.62. The van der Waals surface area contributed by atoms with Crippen LogP contribution in [0.4, 0.5) is 0 Å². The normalized spacial score (nSPS) is 38.3. The molecule has 19 heavy (non-hydrogen) atoms. The van der Waals surface area contributed by atoms with Gasteiger partial charge in [-0.05, 0) is 28.8 Å². The predicted octanol–water partition coefficient (Wildman–Crippen LogP) is 1.64. The minimum absolute atomic E-state index is 0.123. The van der Waals surface area contributed by atoms with Crippen molar-refractivity contribution in [3.05, 3.63) is 11.6 Å². The number of carbonyl (C=O) groups excluding carboxylic acids is 2. The Morgan fingerprint density at radius 3 is 2.47 bits per heavy atom. The second-order valence-corrected chi connectivity index (χ2v) is 5.71. The lowest BCUT2D eigenvalue weighted by Crippen LogP contribution is -2.45. The molecule has 2 rings (SSSR count). The molecule has 0 bridgehead atoms. The Labute approximate surface area is 126 Å². The summed E-state index contributed by atoms with van der Waals surface area (Å²) in [5.74, 6) is 2.24. The third kappa shape index (κ3) is 2.70. The third-order valence-corrected chi connectivity index (χ3v) is 4.40. The molecule has 0 aromatic rings. The molecule has 5 heteroatoms. The van der Waals surface area contributed by atoms with Gasteiger partial charge in [-0.3, -0.25) is 14.9 Å². The van der Waals surface area contributed by atoms with Crippen LogP contribution in [0.5, 0.6) is 0 Å². The summed E-state index contributed by atoms with van der Waals surface area (Å²) in [6.45, 7) is 6.22. The molecular weight excluding hydrogens is 357 g/mol. The minimum atomic E-state index is -0.438. The molecule has 2 heterocycles. The van der Waals surface area contributed by atoms with Crippen LogP contribution in [0.1, 0.15) is 20.8 Å². The number of imide groups is 1. The van der Waals surface area contributed by atoms with Crippen molar-refractivity contribution in [2.75, 3.05) is 0 Å². The zero-order chi connectivity index (χ0) is 14.2. The molecule has 0 saturated carbocycles. The van der Waals surface area contributed by atoms with E-state index in [4.69, 9.17) is 4.74 Å². The van der Waals surface area contributed by atoms with Gasteiger partial charge in [-0.15, -0.1) is 0 Å². The number of hydrogen-bond donors (Lipinski definition) is 1. The maximum Gasteiger partial charge on any atom is 0.266 e. The van der Waals surface area contributed by atoms with Crippen LogP contribution in [0.3, 0.4) is 0 Å². The lowest BCUT2D eigenvalue weighted by atomic mass is 9.83. The minimum Gasteiger partial charge on any atom is -0.374 e.